The van der Waals surface area contributed by atoms with E-state index >= 15 is 0 Å². The Morgan fingerprint density at radius 3 is 2.70 bits per heavy atom. The van der Waals surface area contributed by atoms with E-state index < -0.39 is 15.1 Å². The highest BCUT2D eigenvalue weighted by atomic mass is 32.2. The monoisotopic (exact) mass is 292 g/mol. The molecule has 0 amide bonds. The number of Topliss-reactive ketones (excluding diaryl/α,β-unsaturated/α-hetero) is 1. The summed E-state index contributed by atoms with van der Waals surface area (Å²) in [7, 11) is -3.04. The van der Waals surface area contributed by atoms with Crippen LogP contribution in [-0.2, 0) is 9.84 Å². The molecular weight excluding hydrogens is 276 g/mol. The zero-order valence-electron chi connectivity index (χ0n) is 11.5. The fraction of sp³-hybridized carbons (Fsp3) is 0.429. The third kappa shape index (κ3) is 2.68. The van der Waals surface area contributed by atoms with Crippen LogP contribution < -0.4 is 4.90 Å². The topological polar surface area (TPSA) is 78.2 Å². The number of nitriles is 1. The molecule has 1 atom stereocenters. The minimum atomic E-state index is -3.04. The zero-order chi connectivity index (χ0) is 14.9. The summed E-state index contributed by atoms with van der Waals surface area (Å²) >= 11 is 0. The first-order valence-electron chi connectivity index (χ1n) is 6.37. The van der Waals surface area contributed by atoms with Gasteiger partial charge in [0.2, 0.25) is 0 Å². The van der Waals surface area contributed by atoms with Crippen molar-refractivity contribution in [3.05, 3.63) is 29.3 Å². The van der Waals surface area contributed by atoms with Crippen molar-refractivity contribution in [2.75, 3.05) is 23.7 Å². The number of ketones is 1. The van der Waals surface area contributed by atoms with Gasteiger partial charge >= 0.3 is 0 Å². The van der Waals surface area contributed by atoms with E-state index in [-0.39, 0.29) is 11.5 Å². The fourth-order valence-electron chi connectivity index (χ4n) is 2.28. The molecule has 1 saturated heterocycles. The number of carbonyl (C=O) groups excluding carboxylic acids is 1. The second-order valence-corrected chi connectivity index (χ2v) is 7.56. The lowest BCUT2D eigenvalue weighted by Gasteiger charge is -2.33. The van der Waals surface area contributed by atoms with Crippen molar-refractivity contribution in [1.29, 1.82) is 5.26 Å². The molecule has 1 aliphatic heterocycles. The van der Waals surface area contributed by atoms with E-state index in [2.05, 4.69) is 6.07 Å². The molecule has 5 nitrogen and oxygen atoms in total. The smallest absolute Gasteiger partial charge is 0.159 e. The first kappa shape index (κ1) is 14.5. The van der Waals surface area contributed by atoms with Gasteiger partial charge in [0.25, 0.3) is 0 Å². The summed E-state index contributed by atoms with van der Waals surface area (Å²) in [5, 5.41) is 8.70. The van der Waals surface area contributed by atoms with Gasteiger partial charge < -0.3 is 4.90 Å². The van der Waals surface area contributed by atoms with Crippen LogP contribution in [0, 0.1) is 11.3 Å². The van der Waals surface area contributed by atoms with Gasteiger partial charge in [-0.25, -0.2) is 8.42 Å². The van der Waals surface area contributed by atoms with Crippen molar-refractivity contribution in [2.45, 2.75) is 19.1 Å². The molecule has 0 radical (unpaired) electrons. The van der Waals surface area contributed by atoms with Crippen LogP contribution in [0.3, 0.4) is 0 Å². The van der Waals surface area contributed by atoms with E-state index in [1.165, 1.54) is 6.92 Å². The zero-order valence-corrected chi connectivity index (χ0v) is 12.3. The van der Waals surface area contributed by atoms with E-state index in [9.17, 15) is 13.2 Å². The summed E-state index contributed by atoms with van der Waals surface area (Å²) in [6.07, 6.45) is 0. The molecule has 106 valence electrons. The van der Waals surface area contributed by atoms with Crippen molar-refractivity contribution in [2.24, 2.45) is 0 Å². The van der Waals surface area contributed by atoms with Gasteiger partial charge in [-0.05, 0) is 32.0 Å². The maximum absolute atomic E-state index is 11.7. The average Bonchev–Trinajstić information content (AvgIpc) is 2.41. The van der Waals surface area contributed by atoms with Gasteiger partial charge in [0.05, 0.1) is 22.3 Å². The molecule has 0 aromatic heterocycles. The third-order valence-electron chi connectivity index (χ3n) is 3.60. The molecule has 0 unspecified atom stereocenters. The van der Waals surface area contributed by atoms with Crippen LogP contribution >= 0.6 is 0 Å². The van der Waals surface area contributed by atoms with Crippen LogP contribution in [0.1, 0.15) is 29.8 Å². The number of sulfone groups is 1. The summed E-state index contributed by atoms with van der Waals surface area (Å²) in [6.45, 7) is 3.83. The van der Waals surface area contributed by atoms with Gasteiger partial charge in [-0.1, -0.05) is 0 Å². The quantitative estimate of drug-likeness (QED) is 0.770. The molecule has 1 fully saturated rings. The first-order chi connectivity index (χ1) is 9.35. The van der Waals surface area contributed by atoms with Gasteiger partial charge in [-0.3, -0.25) is 4.79 Å². The lowest BCUT2D eigenvalue weighted by Crippen LogP contribution is -2.45. The SMILES string of the molecule is CC(=O)c1ccc(C#N)c(N2CCS(=O)(=O)[C@H](C)C2)c1. The van der Waals surface area contributed by atoms with Crippen molar-refractivity contribution in [3.63, 3.8) is 0 Å². The van der Waals surface area contributed by atoms with Crippen molar-refractivity contribution in [3.8, 4) is 6.07 Å². The summed E-state index contributed by atoms with van der Waals surface area (Å²) in [5.41, 5.74) is 1.63. The molecule has 6 heteroatoms. The Labute approximate surface area is 118 Å². The van der Waals surface area contributed by atoms with Gasteiger partial charge in [-0.2, -0.15) is 5.26 Å². The predicted molar refractivity (Wildman–Crippen MR) is 76.6 cm³/mol. The first-order valence-corrected chi connectivity index (χ1v) is 8.08. The Balaban J connectivity index is 2.40. The molecule has 1 aromatic carbocycles. The lowest BCUT2D eigenvalue weighted by atomic mass is 10.1. The van der Waals surface area contributed by atoms with Crippen molar-refractivity contribution < 1.29 is 13.2 Å². The molecule has 20 heavy (non-hydrogen) atoms. The molecule has 0 aliphatic carbocycles. The average molecular weight is 292 g/mol. The Kier molecular flexibility index (Phi) is 3.82. The van der Waals surface area contributed by atoms with Crippen molar-refractivity contribution >= 4 is 21.3 Å². The Bertz CT molecular complexity index is 689. The van der Waals surface area contributed by atoms with E-state index in [4.69, 9.17) is 5.26 Å². The van der Waals surface area contributed by atoms with Crippen LogP contribution in [-0.4, -0.2) is 38.3 Å². The van der Waals surface area contributed by atoms with E-state index in [1.54, 1.807) is 25.1 Å². The summed E-state index contributed by atoms with van der Waals surface area (Å²) in [6, 6.07) is 6.99. The molecular formula is C14H16N2O3S. The van der Waals surface area contributed by atoms with Crippen LogP contribution in [0.5, 0.6) is 0 Å². The fourth-order valence-corrected chi connectivity index (χ4v) is 3.56. The number of hydrogen-bond donors (Lipinski definition) is 0. The number of nitrogens with zero attached hydrogens (tertiary/aromatic N) is 2. The van der Waals surface area contributed by atoms with Crippen LogP contribution in [0.4, 0.5) is 5.69 Å². The van der Waals surface area contributed by atoms with E-state index in [1.807, 2.05) is 4.90 Å². The Hall–Kier alpha value is -1.87. The molecule has 0 saturated carbocycles. The molecule has 1 aromatic rings. The Morgan fingerprint density at radius 2 is 2.15 bits per heavy atom. The summed E-state index contributed by atoms with van der Waals surface area (Å²) in [5.74, 6) is -0.00279. The highest BCUT2D eigenvalue weighted by molar-refractivity contribution is 7.92. The summed E-state index contributed by atoms with van der Waals surface area (Å²) < 4.78 is 23.5. The number of hydrogen-bond acceptors (Lipinski definition) is 5. The maximum Gasteiger partial charge on any atom is 0.159 e. The number of benzene rings is 1. The standard InChI is InChI=1S/C14H16N2O3S/c1-10-9-16(5-6-20(10,18)19)14-7-12(11(2)17)3-4-13(14)8-15/h3-4,7,10H,5-6,9H2,1-2H3/t10-/m1/s1. The van der Waals surface area contributed by atoms with Crippen LogP contribution in [0.15, 0.2) is 18.2 Å². The van der Waals surface area contributed by atoms with Gasteiger partial charge in [0.1, 0.15) is 6.07 Å². The number of rotatable bonds is 2. The minimum absolute atomic E-state index is 0.0728. The van der Waals surface area contributed by atoms with Gasteiger partial charge in [-0.15, -0.1) is 0 Å². The lowest BCUT2D eigenvalue weighted by molar-refractivity contribution is 0.101. The van der Waals surface area contributed by atoms with Crippen LogP contribution in [0.2, 0.25) is 0 Å². The number of carbonyl (C=O) groups is 1. The normalized spacial score (nSPS) is 21.2. The predicted octanol–water partition coefficient (Wildman–Crippen LogP) is 1.38. The third-order valence-corrected chi connectivity index (χ3v) is 5.73. The maximum atomic E-state index is 11.7. The highest BCUT2D eigenvalue weighted by Gasteiger charge is 2.30. The second-order valence-electron chi connectivity index (χ2n) is 5.02. The number of anilines is 1. The molecule has 0 N–H and O–H groups in total. The largest absolute Gasteiger partial charge is 0.368 e. The minimum Gasteiger partial charge on any atom is -0.368 e. The highest BCUT2D eigenvalue weighted by Crippen LogP contribution is 2.25. The molecule has 0 spiro atoms. The van der Waals surface area contributed by atoms with Crippen molar-refractivity contribution in [1.82, 2.24) is 0 Å². The molecule has 1 aliphatic rings. The molecule has 1 heterocycles. The van der Waals surface area contributed by atoms with Gasteiger partial charge in [0, 0.05) is 18.7 Å². The summed E-state index contributed by atoms with van der Waals surface area (Å²) in [4.78, 5) is 13.3. The van der Waals surface area contributed by atoms with Crippen LogP contribution in [0.25, 0.3) is 0 Å². The van der Waals surface area contributed by atoms with Gasteiger partial charge in [0.15, 0.2) is 15.6 Å². The molecule has 2 rings (SSSR count). The van der Waals surface area contributed by atoms with E-state index in [0.29, 0.717) is 29.9 Å². The second kappa shape index (κ2) is 5.25. The van der Waals surface area contributed by atoms with E-state index in [0.717, 1.165) is 0 Å². The molecule has 0 bridgehead atoms. The Morgan fingerprint density at radius 1 is 1.45 bits per heavy atom.